The molecule has 1 aliphatic heterocycles. The number of hydrogen-bond donors (Lipinski definition) is 2. The molecule has 2 N–H and O–H groups in total. The van der Waals surface area contributed by atoms with Crippen molar-refractivity contribution >= 4 is 5.78 Å². The number of ether oxygens (including phenoxy) is 1. The molecule has 5 nitrogen and oxygen atoms in total. The lowest BCUT2D eigenvalue weighted by atomic mass is 9.78. The second kappa shape index (κ2) is 8.07. The number of nitrogens with zero attached hydrogens (tertiary/aromatic N) is 1. The summed E-state index contributed by atoms with van der Waals surface area (Å²) in [6, 6.07) is 7.04. The SMILES string of the molecule is CCC(=O)c1ccc(OC[C@H](O)CN2C(C)(C)CC(O)CC2(C)C)cc1. The minimum absolute atomic E-state index is 0.105. The van der Waals surface area contributed by atoms with Crippen molar-refractivity contribution in [2.45, 2.75) is 77.2 Å². The van der Waals surface area contributed by atoms with Crippen LogP contribution in [0, 0.1) is 0 Å². The minimum atomic E-state index is -0.638. The molecule has 0 aliphatic carbocycles. The fraction of sp³-hybridized carbons (Fsp3) is 0.667. The lowest BCUT2D eigenvalue weighted by Crippen LogP contribution is -2.63. The molecular formula is C21H33NO4. The van der Waals surface area contributed by atoms with E-state index in [2.05, 4.69) is 32.6 Å². The molecule has 1 aromatic rings. The molecule has 0 aromatic heterocycles. The number of Topliss-reactive ketones (excluding diaryl/α,β-unsaturated/α-hetero) is 1. The first-order valence-electron chi connectivity index (χ1n) is 9.45. The summed E-state index contributed by atoms with van der Waals surface area (Å²) in [5.74, 6) is 0.748. The smallest absolute Gasteiger partial charge is 0.162 e. The Labute approximate surface area is 157 Å². The maximum Gasteiger partial charge on any atom is 0.162 e. The summed E-state index contributed by atoms with van der Waals surface area (Å²) in [4.78, 5) is 13.9. The number of carbonyl (C=O) groups excluding carboxylic acids is 1. The van der Waals surface area contributed by atoms with Gasteiger partial charge in [-0.25, -0.2) is 0 Å². The molecule has 1 aromatic carbocycles. The van der Waals surface area contributed by atoms with Crippen LogP contribution in [0.2, 0.25) is 0 Å². The monoisotopic (exact) mass is 363 g/mol. The van der Waals surface area contributed by atoms with E-state index in [1.807, 2.05) is 6.92 Å². The van der Waals surface area contributed by atoms with Crippen molar-refractivity contribution in [1.29, 1.82) is 0 Å². The third-order valence-corrected chi connectivity index (χ3v) is 5.26. The third kappa shape index (κ3) is 5.06. The van der Waals surface area contributed by atoms with Gasteiger partial charge in [-0.3, -0.25) is 9.69 Å². The van der Waals surface area contributed by atoms with E-state index >= 15 is 0 Å². The predicted octanol–water partition coefficient (Wildman–Crippen LogP) is 3.03. The molecule has 5 heteroatoms. The zero-order chi connectivity index (χ0) is 19.5. The van der Waals surface area contributed by atoms with Crippen LogP contribution in [-0.4, -0.2) is 57.3 Å². The highest BCUT2D eigenvalue weighted by Crippen LogP contribution is 2.38. The first kappa shape index (κ1) is 20.9. The highest BCUT2D eigenvalue weighted by molar-refractivity contribution is 5.95. The average Bonchev–Trinajstić information content (AvgIpc) is 2.55. The summed E-state index contributed by atoms with van der Waals surface area (Å²) in [6.45, 7) is 10.9. The van der Waals surface area contributed by atoms with Crippen molar-refractivity contribution in [3.05, 3.63) is 29.8 Å². The summed E-state index contributed by atoms with van der Waals surface area (Å²) >= 11 is 0. The molecule has 146 valence electrons. The number of aliphatic hydroxyl groups is 2. The molecule has 0 bridgehead atoms. The van der Waals surface area contributed by atoms with Gasteiger partial charge in [0.25, 0.3) is 0 Å². The van der Waals surface area contributed by atoms with Gasteiger partial charge in [0, 0.05) is 29.6 Å². The van der Waals surface area contributed by atoms with Gasteiger partial charge in [-0.2, -0.15) is 0 Å². The zero-order valence-corrected chi connectivity index (χ0v) is 16.7. The van der Waals surface area contributed by atoms with E-state index in [-0.39, 0.29) is 29.6 Å². The van der Waals surface area contributed by atoms with Gasteiger partial charge in [0.15, 0.2) is 5.78 Å². The van der Waals surface area contributed by atoms with Gasteiger partial charge in [0.1, 0.15) is 18.5 Å². The standard InChI is InChI=1S/C21H33NO4/c1-6-19(25)15-7-9-18(10-8-15)26-14-17(24)13-22-20(2,3)11-16(23)12-21(22,4)5/h7-10,16-17,23-24H,6,11-14H2,1-5H3/t17-/m1/s1. The van der Waals surface area contributed by atoms with E-state index in [1.165, 1.54) is 0 Å². The van der Waals surface area contributed by atoms with E-state index in [0.717, 1.165) is 0 Å². The first-order chi connectivity index (χ1) is 12.0. The van der Waals surface area contributed by atoms with Crippen LogP contribution in [0.15, 0.2) is 24.3 Å². The number of hydrogen-bond acceptors (Lipinski definition) is 5. The molecule has 1 heterocycles. The number of carbonyl (C=O) groups is 1. The van der Waals surface area contributed by atoms with Crippen LogP contribution >= 0.6 is 0 Å². The summed E-state index contributed by atoms with van der Waals surface area (Å²) in [5.41, 5.74) is 0.296. The highest BCUT2D eigenvalue weighted by Gasteiger charge is 2.45. The fourth-order valence-corrected chi connectivity index (χ4v) is 4.16. The van der Waals surface area contributed by atoms with Crippen molar-refractivity contribution in [1.82, 2.24) is 4.90 Å². The second-order valence-corrected chi connectivity index (χ2v) is 8.56. The Morgan fingerprint density at radius 1 is 1.19 bits per heavy atom. The zero-order valence-electron chi connectivity index (χ0n) is 16.7. The summed E-state index contributed by atoms with van der Waals surface area (Å²) in [7, 11) is 0. The molecule has 1 fully saturated rings. The van der Waals surface area contributed by atoms with E-state index in [4.69, 9.17) is 4.74 Å². The third-order valence-electron chi connectivity index (χ3n) is 5.26. The van der Waals surface area contributed by atoms with Crippen molar-refractivity contribution < 1.29 is 19.7 Å². The van der Waals surface area contributed by atoms with Gasteiger partial charge in [-0.1, -0.05) is 6.92 Å². The van der Waals surface area contributed by atoms with Gasteiger partial charge >= 0.3 is 0 Å². The van der Waals surface area contributed by atoms with E-state index < -0.39 is 6.10 Å². The minimum Gasteiger partial charge on any atom is -0.491 e. The maximum absolute atomic E-state index is 11.7. The predicted molar refractivity (Wildman–Crippen MR) is 103 cm³/mol. The lowest BCUT2D eigenvalue weighted by molar-refractivity contribution is -0.1000. The van der Waals surface area contributed by atoms with Crippen molar-refractivity contribution in [3.8, 4) is 5.75 Å². The Balaban J connectivity index is 1.93. The van der Waals surface area contributed by atoms with Crippen LogP contribution in [0.3, 0.4) is 0 Å². The van der Waals surface area contributed by atoms with Gasteiger partial charge in [-0.15, -0.1) is 0 Å². The van der Waals surface area contributed by atoms with E-state index in [1.54, 1.807) is 24.3 Å². The molecule has 1 atom stereocenters. The lowest BCUT2D eigenvalue weighted by Gasteiger charge is -2.54. The molecular weight excluding hydrogens is 330 g/mol. The molecule has 0 spiro atoms. The summed E-state index contributed by atoms with van der Waals surface area (Å²) < 4.78 is 5.70. The van der Waals surface area contributed by atoms with E-state index in [0.29, 0.717) is 37.1 Å². The van der Waals surface area contributed by atoms with Gasteiger partial charge in [-0.05, 0) is 64.8 Å². The molecule has 2 rings (SSSR count). The fourth-order valence-electron chi connectivity index (χ4n) is 4.16. The molecule has 0 unspecified atom stereocenters. The van der Waals surface area contributed by atoms with Crippen LogP contribution < -0.4 is 4.74 Å². The van der Waals surface area contributed by atoms with Crippen LogP contribution in [0.4, 0.5) is 0 Å². The van der Waals surface area contributed by atoms with Gasteiger partial charge < -0.3 is 14.9 Å². The number of ketones is 1. The topological polar surface area (TPSA) is 70.0 Å². The summed E-state index contributed by atoms with van der Waals surface area (Å²) in [5, 5.41) is 20.6. The summed E-state index contributed by atoms with van der Waals surface area (Å²) in [6.07, 6.45) is 0.915. The molecule has 0 radical (unpaired) electrons. The Hall–Kier alpha value is -1.43. The molecule has 0 amide bonds. The maximum atomic E-state index is 11.7. The Morgan fingerprint density at radius 2 is 1.73 bits per heavy atom. The quantitative estimate of drug-likeness (QED) is 0.729. The first-order valence-corrected chi connectivity index (χ1v) is 9.45. The number of likely N-dealkylation sites (tertiary alicyclic amines) is 1. The van der Waals surface area contributed by atoms with Crippen molar-refractivity contribution in [2.24, 2.45) is 0 Å². The Bertz CT molecular complexity index is 591. The normalized spacial score (nSPS) is 21.3. The van der Waals surface area contributed by atoms with Crippen LogP contribution in [0.5, 0.6) is 5.75 Å². The van der Waals surface area contributed by atoms with Crippen LogP contribution in [0.1, 0.15) is 64.2 Å². The Morgan fingerprint density at radius 3 is 2.23 bits per heavy atom. The number of β-amino-alcohol motifs (C(OH)–C–C–N with tert-alkyl or cyclic N) is 1. The van der Waals surface area contributed by atoms with Crippen LogP contribution in [0.25, 0.3) is 0 Å². The van der Waals surface area contributed by atoms with E-state index in [9.17, 15) is 15.0 Å². The number of piperidine rings is 1. The molecule has 1 saturated heterocycles. The molecule has 0 saturated carbocycles. The average molecular weight is 363 g/mol. The van der Waals surface area contributed by atoms with Crippen LogP contribution in [-0.2, 0) is 0 Å². The molecule has 1 aliphatic rings. The van der Waals surface area contributed by atoms with Crippen molar-refractivity contribution in [2.75, 3.05) is 13.2 Å². The number of aliphatic hydroxyl groups excluding tert-OH is 2. The number of benzene rings is 1. The Kier molecular flexibility index (Phi) is 6.48. The molecule has 26 heavy (non-hydrogen) atoms. The largest absolute Gasteiger partial charge is 0.491 e. The van der Waals surface area contributed by atoms with Gasteiger partial charge in [0.2, 0.25) is 0 Å². The number of rotatable bonds is 7. The van der Waals surface area contributed by atoms with Gasteiger partial charge in [0.05, 0.1) is 6.10 Å². The highest BCUT2D eigenvalue weighted by atomic mass is 16.5. The van der Waals surface area contributed by atoms with Crippen molar-refractivity contribution in [3.63, 3.8) is 0 Å². The second-order valence-electron chi connectivity index (χ2n) is 8.56.